The molecule has 0 atom stereocenters. The lowest BCUT2D eigenvalue weighted by molar-refractivity contribution is 0.376. The van der Waals surface area contributed by atoms with Gasteiger partial charge in [0.15, 0.2) is 0 Å². The number of nitrogens with one attached hydrogen (secondary N) is 2. The zero-order valence-electron chi connectivity index (χ0n) is 15.1. The summed E-state index contributed by atoms with van der Waals surface area (Å²) in [7, 11) is 0. The van der Waals surface area contributed by atoms with Crippen LogP contribution in [0, 0.1) is 5.92 Å². The summed E-state index contributed by atoms with van der Waals surface area (Å²) < 4.78 is 3.55. The molecule has 0 amide bonds. The van der Waals surface area contributed by atoms with Crippen molar-refractivity contribution in [3.63, 3.8) is 0 Å². The summed E-state index contributed by atoms with van der Waals surface area (Å²) in [5.74, 6) is 0.823. The van der Waals surface area contributed by atoms with Crippen LogP contribution in [0.2, 0.25) is 0 Å². The van der Waals surface area contributed by atoms with E-state index in [-0.39, 0.29) is 0 Å². The van der Waals surface area contributed by atoms with Crippen LogP contribution in [0.5, 0.6) is 0 Å². The van der Waals surface area contributed by atoms with Crippen LogP contribution in [-0.4, -0.2) is 19.6 Å². The summed E-state index contributed by atoms with van der Waals surface area (Å²) in [6, 6.07) is 15.1. The van der Waals surface area contributed by atoms with E-state index < -0.39 is 0 Å². The van der Waals surface area contributed by atoms with Gasteiger partial charge in [-0.3, -0.25) is 4.72 Å². The van der Waals surface area contributed by atoms with Gasteiger partial charge in [0.1, 0.15) is 0 Å². The van der Waals surface area contributed by atoms with Crippen molar-refractivity contribution < 1.29 is 0 Å². The smallest absolute Gasteiger partial charge is 0.0306 e. The van der Waals surface area contributed by atoms with Gasteiger partial charge in [-0.05, 0) is 60.6 Å². The Morgan fingerprint density at radius 2 is 1.61 bits per heavy atom. The summed E-state index contributed by atoms with van der Waals surface area (Å²) in [6.45, 7) is 11.5. The van der Waals surface area contributed by atoms with Crippen molar-refractivity contribution in [3.8, 4) is 0 Å². The van der Waals surface area contributed by atoms with Crippen LogP contribution in [0.3, 0.4) is 0 Å². The van der Waals surface area contributed by atoms with Crippen molar-refractivity contribution in [3.05, 3.63) is 42.5 Å². The summed E-state index contributed by atoms with van der Waals surface area (Å²) >= 11 is 1.77. The molecule has 3 rings (SSSR count). The SMILES string of the molecule is CC.CC.c1ccc2c(SNCC3CCNCC3)cccc2c1. The quantitative estimate of drug-likeness (QED) is 0.724. The van der Waals surface area contributed by atoms with E-state index >= 15 is 0 Å². The van der Waals surface area contributed by atoms with E-state index in [0.717, 1.165) is 12.5 Å². The first-order chi connectivity index (χ1) is 11.4. The van der Waals surface area contributed by atoms with E-state index in [4.69, 9.17) is 0 Å². The first kappa shape index (κ1) is 20.0. The summed E-state index contributed by atoms with van der Waals surface area (Å²) in [4.78, 5) is 1.33. The van der Waals surface area contributed by atoms with Crippen LogP contribution >= 0.6 is 11.9 Å². The Bertz CT molecular complexity index is 531. The average molecular weight is 333 g/mol. The van der Waals surface area contributed by atoms with Crippen LogP contribution in [0.4, 0.5) is 0 Å². The second kappa shape index (κ2) is 12.4. The van der Waals surface area contributed by atoms with Crippen molar-refractivity contribution in [1.29, 1.82) is 0 Å². The fourth-order valence-corrected chi connectivity index (χ4v) is 3.52. The molecule has 2 aromatic rings. The van der Waals surface area contributed by atoms with Crippen molar-refractivity contribution in [1.82, 2.24) is 10.0 Å². The average Bonchev–Trinajstić information content (AvgIpc) is 2.66. The molecule has 0 radical (unpaired) electrons. The maximum absolute atomic E-state index is 3.55. The third-order valence-corrected chi connectivity index (χ3v) is 4.65. The van der Waals surface area contributed by atoms with Gasteiger partial charge < -0.3 is 5.32 Å². The first-order valence-electron chi connectivity index (χ1n) is 9.02. The van der Waals surface area contributed by atoms with E-state index in [9.17, 15) is 0 Å². The molecule has 0 aromatic heterocycles. The molecule has 1 heterocycles. The topological polar surface area (TPSA) is 24.1 Å². The second-order valence-corrected chi connectivity index (χ2v) is 6.05. The minimum atomic E-state index is 0.823. The summed E-state index contributed by atoms with van der Waals surface area (Å²) in [5.41, 5.74) is 0. The Morgan fingerprint density at radius 3 is 2.35 bits per heavy atom. The van der Waals surface area contributed by atoms with Gasteiger partial charge in [0.2, 0.25) is 0 Å². The van der Waals surface area contributed by atoms with Gasteiger partial charge in [-0.2, -0.15) is 0 Å². The van der Waals surface area contributed by atoms with E-state index in [1.165, 1.54) is 41.6 Å². The molecule has 2 nitrogen and oxygen atoms in total. The number of rotatable bonds is 4. The highest BCUT2D eigenvalue weighted by atomic mass is 32.2. The van der Waals surface area contributed by atoms with E-state index in [2.05, 4.69) is 52.5 Å². The maximum atomic E-state index is 3.55. The van der Waals surface area contributed by atoms with Gasteiger partial charge in [0, 0.05) is 11.4 Å². The largest absolute Gasteiger partial charge is 0.317 e. The molecule has 2 N–H and O–H groups in total. The van der Waals surface area contributed by atoms with Crippen molar-refractivity contribution in [2.75, 3.05) is 19.6 Å². The maximum Gasteiger partial charge on any atom is 0.0306 e. The fourth-order valence-electron chi connectivity index (χ4n) is 2.61. The Morgan fingerprint density at radius 1 is 0.957 bits per heavy atom. The monoisotopic (exact) mass is 332 g/mol. The Labute approximate surface area is 146 Å². The van der Waals surface area contributed by atoms with Crippen molar-refractivity contribution >= 4 is 22.7 Å². The molecule has 0 unspecified atom stereocenters. The zero-order valence-corrected chi connectivity index (χ0v) is 15.9. The van der Waals surface area contributed by atoms with Gasteiger partial charge in [-0.15, -0.1) is 0 Å². The number of hydrogen-bond acceptors (Lipinski definition) is 3. The lowest BCUT2D eigenvalue weighted by Crippen LogP contribution is -2.31. The molecule has 3 heteroatoms. The first-order valence-corrected chi connectivity index (χ1v) is 9.83. The molecule has 1 aliphatic heterocycles. The number of benzene rings is 2. The fraction of sp³-hybridized carbons (Fsp3) is 0.500. The molecule has 1 aliphatic rings. The highest BCUT2D eigenvalue weighted by Crippen LogP contribution is 2.26. The van der Waals surface area contributed by atoms with Crippen LogP contribution in [0.1, 0.15) is 40.5 Å². The Hall–Kier alpha value is -1.03. The molecule has 2 aromatic carbocycles. The number of fused-ring (bicyclic) bond motifs is 1. The molecule has 0 saturated carbocycles. The van der Waals surface area contributed by atoms with Crippen LogP contribution in [0.25, 0.3) is 10.8 Å². The summed E-state index contributed by atoms with van der Waals surface area (Å²) in [5, 5.41) is 6.07. The molecule has 1 saturated heterocycles. The minimum absolute atomic E-state index is 0.823. The van der Waals surface area contributed by atoms with E-state index in [1.54, 1.807) is 11.9 Å². The third kappa shape index (κ3) is 6.54. The molecule has 128 valence electrons. The van der Waals surface area contributed by atoms with Gasteiger partial charge in [0.05, 0.1) is 0 Å². The van der Waals surface area contributed by atoms with Crippen molar-refractivity contribution in [2.24, 2.45) is 5.92 Å². The van der Waals surface area contributed by atoms with Crippen LogP contribution in [0.15, 0.2) is 47.4 Å². The van der Waals surface area contributed by atoms with Crippen molar-refractivity contribution in [2.45, 2.75) is 45.4 Å². The van der Waals surface area contributed by atoms with Gasteiger partial charge >= 0.3 is 0 Å². The molecule has 23 heavy (non-hydrogen) atoms. The van der Waals surface area contributed by atoms with Gasteiger partial charge in [-0.25, -0.2) is 0 Å². The predicted molar refractivity (Wildman–Crippen MR) is 106 cm³/mol. The van der Waals surface area contributed by atoms with Crippen LogP contribution in [-0.2, 0) is 0 Å². The zero-order chi connectivity index (χ0) is 16.9. The molecule has 1 fully saturated rings. The third-order valence-electron chi connectivity index (χ3n) is 3.76. The van der Waals surface area contributed by atoms with E-state index in [0.29, 0.717) is 0 Å². The second-order valence-electron chi connectivity index (χ2n) is 5.12. The normalized spacial score (nSPS) is 14.4. The summed E-state index contributed by atoms with van der Waals surface area (Å²) in [6.07, 6.45) is 2.59. The predicted octanol–water partition coefficient (Wildman–Crippen LogP) is 5.49. The number of piperidine rings is 1. The highest BCUT2D eigenvalue weighted by molar-refractivity contribution is 7.97. The highest BCUT2D eigenvalue weighted by Gasteiger charge is 2.12. The molecule has 0 bridgehead atoms. The lowest BCUT2D eigenvalue weighted by Gasteiger charge is -2.22. The molecular formula is C20H32N2S. The molecule has 0 aliphatic carbocycles. The van der Waals surface area contributed by atoms with Gasteiger partial charge in [0.25, 0.3) is 0 Å². The standard InChI is InChI=1S/C16H20N2S.2C2H6/c1-2-6-15-14(4-1)5-3-7-16(15)19-18-12-13-8-10-17-11-9-13;2*1-2/h1-7,13,17-18H,8-12H2;2*1-2H3. The Balaban J connectivity index is 0.000000615. The lowest BCUT2D eigenvalue weighted by atomic mass is 9.99. The minimum Gasteiger partial charge on any atom is -0.317 e. The Kier molecular flexibility index (Phi) is 10.8. The van der Waals surface area contributed by atoms with Crippen LogP contribution < -0.4 is 10.0 Å². The van der Waals surface area contributed by atoms with E-state index in [1.807, 2.05) is 27.7 Å². The molecular weight excluding hydrogens is 300 g/mol. The van der Waals surface area contributed by atoms with Gasteiger partial charge in [-0.1, -0.05) is 64.1 Å². The number of hydrogen-bond donors (Lipinski definition) is 2. The molecule has 0 spiro atoms.